The molecule has 1 spiro atoms. The second-order valence-corrected chi connectivity index (χ2v) is 11.3. The maximum absolute atomic E-state index is 14.0. The van der Waals surface area contributed by atoms with Crippen LogP contribution in [-0.4, -0.2) is 64.6 Å². The average Bonchev–Trinajstić information content (AvgIpc) is 2.86. The number of halogens is 1. The first kappa shape index (κ1) is 25.5. The first-order valence-corrected chi connectivity index (χ1v) is 13.4. The normalized spacial score (nSPS) is 18.3. The summed E-state index contributed by atoms with van der Waals surface area (Å²) in [6, 6.07) is 5.81. The van der Waals surface area contributed by atoms with Gasteiger partial charge in [-0.05, 0) is 58.0 Å². The summed E-state index contributed by atoms with van der Waals surface area (Å²) in [7, 11) is 2.13. The van der Waals surface area contributed by atoms with Gasteiger partial charge in [-0.15, -0.1) is 0 Å². The zero-order chi connectivity index (χ0) is 27.1. The van der Waals surface area contributed by atoms with Crippen molar-refractivity contribution in [2.45, 2.75) is 51.8 Å². The van der Waals surface area contributed by atoms with Crippen molar-refractivity contribution in [1.29, 1.82) is 0 Å². The maximum atomic E-state index is 14.0. The van der Waals surface area contributed by atoms with Crippen molar-refractivity contribution in [3.05, 3.63) is 65.6 Å². The summed E-state index contributed by atoms with van der Waals surface area (Å²) in [6.45, 7) is 7.26. The van der Waals surface area contributed by atoms with E-state index in [9.17, 15) is 9.18 Å². The topological polar surface area (TPSA) is 92.7 Å². The number of carbonyl (C=O) groups excluding carboxylic acids is 1. The van der Waals surface area contributed by atoms with Crippen LogP contribution in [0.2, 0.25) is 0 Å². The zero-order valence-electron chi connectivity index (χ0n) is 22.5. The lowest BCUT2D eigenvalue weighted by Gasteiger charge is -2.59. The molecule has 0 atom stereocenters. The van der Waals surface area contributed by atoms with Crippen LogP contribution in [0.25, 0.3) is 0 Å². The average molecular weight is 533 g/mol. The molecule has 1 saturated carbocycles. The van der Waals surface area contributed by atoms with Gasteiger partial charge >= 0.3 is 0 Å². The summed E-state index contributed by atoms with van der Waals surface area (Å²) in [4.78, 5) is 30.3. The lowest BCUT2D eigenvalue weighted by molar-refractivity contribution is -0.0352. The first-order valence-electron chi connectivity index (χ1n) is 13.4. The van der Waals surface area contributed by atoms with Gasteiger partial charge in [0.1, 0.15) is 29.7 Å². The molecular formula is C29H33FN6O3. The second-order valence-electron chi connectivity index (χ2n) is 11.3. The van der Waals surface area contributed by atoms with Gasteiger partial charge in [0.05, 0.1) is 11.8 Å². The number of fused-ring (bicyclic) bond motifs is 1. The molecule has 1 saturated heterocycles. The molecule has 39 heavy (non-hydrogen) atoms. The number of anilines is 1. The molecule has 2 fully saturated rings. The minimum Gasteiger partial charge on any atom is -0.490 e. The van der Waals surface area contributed by atoms with Crippen LogP contribution in [0.1, 0.15) is 48.3 Å². The Bertz CT molecular complexity index is 1390. The number of aromatic nitrogens is 3. The first-order chi connectivity index (χ1) is 18.8. The number of amides is 1. The van der Waals surface area contributed by atoms with Crippen LogP contribution in [0, 0.1) is 11.2 Å². The SMILES string of the molecule is CC(C)NC(=O)c1cc(F)ccc1Oc1cncnc1N1CC2(CC(Oc3ccnc4c3CN(C)CC4)C2)C1. The molecule has 2 aliphatic heterocycles. The molecule has 9 nitrogen and oxygen atoms in total. The molecule has 0 radical (unpaired) electrons. The van der Waals surface area contributed by atoms with Crippen LogP contribution in [0.3, 0.4) is 0 Å². The highest BCUT2D eigenvalue weighted by Crippen LogP contribution is 2.52. The molecule has 4 heterocycles. The Hall–Kier alpha value is -3.79. The standard InChI is InChI=1S/C29H33FN6O3/c1-18(2)34-28(37)21-10-19(30)4-5-24(21)39-26-13-31-17-33-27(26)36-15-29(16-36)11-20(12-29)38-25-6-8-32-23-7-9-35(3)14-22(23)25/h4-6,8,10,13,17-18,20H,7,9,11-12,14-16H2,1-3H3,(H,34,37). The largest absolute Gasteiger partial charge is 0.490 e. The molecule has 0 unspecified atom stereocenters. The molecule has 1 aliphatic carbocycles. The van der Waals surface area contributed by atoms with Crippen LogP contribution < -0.4 is 19.7 Å². The van der Waals surface area contributed by atoms with E-state index in [-0.39, 0.29) is 28.9 Å². The summed E-state index contributed by atoms with van der Waals surface area (Å²) in [6.07, 6.45) is 8.03. The van der Waals surface area contributed by atoms with Crippen LogP contribution in [0.4, 0.5) is 10.2 Å². The fraction of sp³-hybridized carbons (Fsp3) is 0.448. The molecule has 2 aromatic heterocycles. The van der Waals surface area contributed by atoms with Gasteiger partial charge in [-0.25, -0.2) is 14.4 Å². The van der Waals surface area contributed by atoms with E-state index in [1.807, 2.05) is 26.1 Å². The zero-order valence-corrected chi connectivity index (χ0v) is 22.5. The highest BCUT2D eigenvalue weighted by atomic mass is 19.1. The smallest absolute Gasteiger partial charge is 0.255 e. The molecule has 204 valence electrons. The number of hydrogen-bond acceptors (Lipinski definition) is 8. The van der Waals surface area contributed by atoms with Crippen molar-refractivity contribution in [2.24, 2.45) is 5.41 Å². The number of nitrogens with zero attached hydrogens (tertiary/aromatic N) is 5. The Labute approximate surface area is 227 Å². The minimum atomic E-state index is -0.508. The number of nitrogens with one attached hydrogen (secondary N) is 1. The van der Waals surface area contributed by atoms with Gasteiger partial charge in [0.15, 0.2) is 11.6 Å². The molecule has 3 aromatic rings. The number of benzene rings is 1. The van der Waals surface area contributed by atoms with Crippen molar-refractivity contribution in [3.63, 3.8) is 0 Å². The van der Waals surface area contributed by atoms with Gasteiger partial charge in [0, 0.05) is 61.5 Å². The molecule has 1 aromatic carbocycles. The van der Waals surface area contributed by atoms with Crippen molar-refractivity contribution < 1.29 is 18.7 Å². The lowest BCUT2D eigenvalue weighted by atomic mass is 9.61. The maximum Gasteiger partial charge on any atom is 0.255 e. The number of likely N-dealkylation sites (N-methyl/N-ethyl adjacent to an activating group) is 1. The van der Waals surface area contributed by atoms with Crippen LogP contribution in [0.15, 0.2) is 43.0 Å². The quantitative estimate of drug-likeness (QED) is 0.489. The molecule has 6 rings (SSSR count). The molecule has 3 aliphatic rings. The van der Waals surface area contributed by atoms with Crippen molar-refractivity contribution in [1.82, 2.24) is 25.2 Å². The van der Waals surface area contributed by atoms with Gasteiger partial charge < -0.3 is 24.6 Å². The lowest BCUT2D eigenvalue weighted by Crippen LogP contribution is -2.65. The predicted molar refractivity (Wildman–Crippen MR) is 144 cm³/mol. The van der Waals surface area contributed by atoms with E-state index in [4.69, 9.17) is 9.47 Å². The highest BCUT2D eigenvalue weighted by Gasteiger charge is 2.54. The van der Waals surface area contributed by atoms with Crippen LogP contribution in [-0.2, 0) is 13.0 Å². The molecule has 1 amide bonds. The summed E-state index contributed by atoms with van der Waals surface area (Å²) >= 11 is 0. The third-order valence-corrected chi connectivity index (χ3v) is 7.71. The fourth-order valence-corrected chi connectivity index (χ4v) is 5.84. The minimum absolute atomic E-state index is 0.0953. The summed E-state index contributed by atoms with van der Waals surface area (Å²) in [5, 5.41) is 2.79. The van der Waals surface area contributed by atoms with Gasteiger partial charge in [0.2, 0.25) is 0 Å². The van der Waals surface area contributed by atoms with E-state index in [0.29, 0.717) is 11.6 Å². The van der Waals surface area contributed by atoms with E-state index in [1.165, 1.54) is 30.1 Å². The summed E-state index contributed by atoms with van der Waals surface area (Å²) < 4.78 is 26.5. The third kappa shape index (κ3) is 5.13. The van der Waals surface area contributed by atoms with Crippen LogP contribution >= 0.6 is 0 Å². The van der Waals surface area contributed by atoms with Crippen LogP contribution in [0.5, 0.6) is 17.2 Å². The molecular weight excluding hydrogens is 499 g/mol. The fourth-order valence-electron chi connectivity index (χ4n) is 5.84. The van der Waals surface area contributed by atoms with Gasteiger partial charge in [0.25, 0.3) is 5.91 Å². The van der Waals surface area contributed by atoms with E-state index in [2.05, 4.69) is 37.1 Å². The van der Waals surface area contributed by atoms with Gasteiger partial charge in [-0.2, -0.15) is 0 Å². The predicted octanol–water partition coefficient (Wildman–Crippen LogP) is 3.98. The Kier molecular flexibility index (Phi) is 6.58. The number of hydrogen-bond donors (Lipinski definition) is 1. The van der Waals surface area contributed by atoms with Gasteiger partial charge in [-0.1, -0.05) is 0 Å². The number of carbonyl (C=O) groups is 1. The Balaban J connectivity index is 1.11. The Morgan fingerprint density at radius 2 is 1.97 bits per heavy atom. The van der Waals surface area contributed by atoms with E-state index in [1.54, 1.807) is 6.20 Å². The summed E-state index contributed by atoms with van der Waals surface area (Å²) in [5.74, 6) is 1.40. The molecule has 1 N–H and O–H groups in total. The van der Waals surface area contributed by atoms with E-state index in [0.717, 1.165) is 56.9 Å². The van der Waals surface area contributed by atoms with E-state index >= 15 is 0 Å². The summed E-state index contributed by atoms with van der Waals surface area (Å²) in [5.41, 5.74) is 2.68. The Morgan fingerprint density at radius 3 is 2.77 bits per heavy atom. The van der Waals surface area contributed by atoms with E-state index < -0.39 is 11.7 Å². The monoisotopic (exact) mass is 532 g/mol. The number of rotatable bonds is 7. The Morgan fingerprint density at radius 1 is 1.15 bits per heavy atom. The highest BCUT2D eigenvalue weighted by molar-refractivity contribution is 5.97. The van der Waals surface area contributed by atoms with Gasteiger partial charge in [-0.3, -0.25) is 9.78 Å². The number of pyridine rings is 1. The number of ether oxygens (including phenoxy) is 2. The van der Waals surface area contributed by atoms with Crippen molar-refractivity contribution in [2.75, 3.05) is 31.6 Å². The molecule has 10 heteroatoms. The second kappa shape index (κ2) is 10.1. The van der Waals surface area contributed by atoms with Crippen molar-refractivity contribution in [3.8, 4) is 17.2 Å². The molecule has 0 bridgehead atoms. The third-order valence-electron chi connectivity index (χ3n) is 7.71. The van der Waals surface area contributed by atoms with Crippen molar-refractivity contribution >= 4 is 11.7 Å².